The first-order valence-corrected chi connectivity index (χ1v) is 5.61. The molecule has 2 aromatic heterocycles. The highest BCUT2D eigenvalue weighted by Crippen LogP contribution is 2.15. The first-order valence-electron chi connectivity index (χ1n) is 5.61. The van der Waals surface area contributed by atoms with Gasteiger partial charge in [-0.15, -0.1) is 6.58 Å². The molecule has 0 aliphatic rings. The van der Waals surface area contributed by atoms with Crippen molar-refractivity contribution in [3.05, 3.63) is 59.9 Å². The number of rotatable bonds is 5. The summed E-state index contributed by atoms with van der Waals surface area (Å²) in [6, 6.07) is 6.92. The molecule has 0 aliphatic heterocycles. The maximum Gasteiger partial charge on any atom is 0.252 e. The van der Waals surface area contributed by atoms with E-state index in [1.165, 1.54) is 6.07 Å². The Kier molecular flexibility index (Phi) is 3.57. The van der Waals surface area contributed by atoms with E-state index in [0.29, 0.717) is 24.7 Å². The Labute approximate surface area is 105 Å². The number of fused-ring (bicyclic) bond motifs is 1. The minimum atomic E-state index is -0.101. The number of hydrogen-bond acceptors (Lipinski definition) is 3. The van der Waals surface area contributed by atoms with Gasteiger partial charge < -0.3 is 4.74 Å². The molecular formula is C14H14N2O2. The third kappa shape index (κ3) is 2.32. The van der Waals surface area contributed by atoms with Gasteiger partial charge in [-0.1, -0.05) is 18.7 Å². The van der Waals surface area contributed by atoms with Gasteiger partial charge in [0.1, 0.15) is 12.3 Å². The smallest absolute Gasteiger partial charge is 0.252 e. The summed E-state index contributed by atoms with van der Waals surface area (Å²) in [5, 5.41) is 0.891. The Morgan fingerprint density at radius 2 is 2.00 bits per heavy atom. The molecule has 0 radical (unpaired) electrons. The quantitative estimate of drug-likeness (QED) is 0.754. The Bertz CT molecular complexity index is 644. The van der Waals surface area contributed by atoms with Crippen molar-refractivity contribution in [3.8, 4) is 5.88 Å². The molecule has 2 rings (SSSR count). The highest BCUT2D eigenvalue weighted by Gasteiger charge is 2.04. The molecule has 92 valence electrons. The van der Waals surface area contributed by atoms with Crippen molar-refractivity contribution in [2.75, 3.05) is 6.61 Å². The fourth-order valence-corrected chi connectivity index (χ4v) is 1.67. The largest absolute Gasteiger partial charge is 0.473 e. The van der Waals surface area contributed by atoms with Crippen molar-refractivity contribution < 1.29 is 4.74 Å². The molecule has 0 fully saturated rings. The molecule has 0 saturated heterocycles. The van der Waals surface area contributed by atoms with Crippen molar-refractivity contribution >= 4 is 11.0 Å². The molecule has 0 bridgehead atoms. The van der Waals surface area contributed by atoms with Crippen molar-refractivity contribution in [2.45, 2.75) is 6.54 Å². The zero-order valence-corrected chi connectivity index (χ0v) is 10.0. The summed E-state index contributed by atoms with van der Waals surface area (Å²) in [6.07, 6.45) is 3.31. The van der Waals surface area contributed by atoms with Gasteiger partial charge in [-0.2, -0.15) is 4.98 Å². The first-order chi connectivity index (χ1) is 8.76. The lowest BCUT2D eigenvalue weighted by Crippen LogP contribution is -2.19. The van der Waals surface area contributed by atoms with Crippen molar-refractivity contribution in [1.29, 1.82) is 0 Å². The molecule has 0 aromatic carbocycles. The number of pyridine rings is 2. The SMILES string of the molecule is C=CCOc1ccc2ccc(=O)n(CC=C)c2n1. The second kappa shape index (κ2) is 5.31. The van der Waals surface area contributed by atoms with Gasteiger partial charge in [-0.25, -0.2) is 0 Å². The predicted octanol–water partition coefficient (Wildman–Crippen LogP) is 2.15. The monoisotopic (exact) mass is 242 g/mol. The standard InChI is InChI=1S/C14H14N2O2/c1-3-9-16-13(17)8-6-11-5-7-12(15-14(11)16)18-10-4-2/h3-8H,1-2,9-10H2. The Morgan fingerprint density at radius 1 is 1.22 bits per heavy atom. The number of ether oxygens (including phenoxy) is 1. The molecule has 0 N–H and O–H groups in total. The van der Waals surface area contributed by atoms with E-state index in [-0.39, 0.29) is 5.56 Å². The number of allylic oxidation sites excluding steroid dienone is 1. The van der Waals surface area contributed by atoms with E-state index in [4.69, 9.17) is 4.74 Å². The van der Waals surface area contributed by atoms with Crippen LogP contribution in [-0.2, 0) is 6.54 Å². The van der Waals surface area contributed by atoms with E-state index in [1.54, 1.807) is 28.9 Å². The topological polar surface area (TPSA) is 44.1 Å². The van der Waals surface area contributed by atoms with Crippen LogP contribution in [0.2, 0.25) is 0 Å². The normalized spacial score (nSPS) is 10.2. The average molecular weight is 242 g/mol. The van der Waals surface area contributed by atoms with Crippen LogP contribution < -0.4 is 10.3 Å². The van der Waals surface area contributed by atoms with E-state index in [2.05, 4.69) is 18.1 Å². The lowest BCUT2D eigenvalue weighted by Gasteiger charge is -2.08. The first kappa shape index (κ1) is 12.1. The second-order valence-electron chi connectivity index (χ2n) is 3.73. The molecule has 0 unspecified atom stereocenters. The van der Waals surface area contributed by atoms with Crippen LogP contribution in [0.25, 0.3) is 11.0 Å². The van der Waals surface area contributed by atoms with Gasteiger partial charge in [0.25, 0.3) is 5.56 Å². The maximum atomic E-state index is 11.8. The van der Waals surface area contributed by atoms with E-state index < -0.39 is 0 Å². The second-order valence-corrected chi connectivity index (χ2v) is 3.73. The Hall–Kier alpha value is -2.36. The Balaban J connectivity index is 2.57. The van der Waals surface area contributed by atoms with Crippen LogP contribution in [0, 0.1) is 0 Å². The van der Waals surface area contributed by atoms with Crippen LogP contribution in [-0.4, -0.2) is 16.2 Å². The average Bonchev–Trinajstić information content (AvgIpc) is 2.39. The zero-order valence-electron chi connectivity index (χ0n) is 10.0. The molecule has 2 heterocycles. The zero-order chi connectivity index (χ0) is 13.0. The van der Waals surface area contributed by atoms with Crippen molar-refractivity contribution in [1.82, 2.24) is 9.55 Å². The van der Waals surface area contributed by atoms with Gasteiger partial charge >= 0.3 is 0 Å². The van der Waals surface area contributed by atoms with E-state index in [1.807, 2.05) is 6.07 Å². The van der Waals surface area contributed by atoms with Gasteiger partial charge in [0.05, 0.1) is 0 Å². The third-order valence-corrected chi connectivity index (χ3v) is 2.47. The van der Waals surface area contributed by atoms with Gasteiger partial charge in [-0.3, -0.25) is 9.36 Å². The van der Waals surface area contributed by atoms with Gasteiger partial charge in [0.2, 0.25) is 5.88 Å². The van der Waals surface area contributed by atoms with E-state index >= 15 is 0 Å². The van der Waals surface area contributed by atoms with Gasteiger partial charge in [-0.05, 0) is 12.1 Å². The molecular weight excluding hydrogens is 228 g/mol. The van der Waals surface area contributed by atoms with Crippen LogP contribution in [0.5, 0.6) is 5.88 Å². The van der Waals surface area contributed by atoms with Crippen LogP contribution >= 0.6 is 0 Å². The summed E-state index contributed by atoms with van der Waals surface area (Å²) in [6.45, 7) is 8.03. The number of aromatic nitrogens is 2. The van der Waals surface area contributed by atoms with Crippen molar-refractivity contribution in [3.63, 3.8) is 0 Å². The molecule has 0 atom stereocenters. The minimum absolute atomic E-state index is 0.101. The molecule has 0 aliphatic carbocycles. The maximum absolute atomic E-state index is 11.8. The van der Waals surface area contributed by atoms with Crippen LogP contribution in [0.15, 0.2) is 54.4 Å². The molecule has 2 aromatic rings. The van der Waals surface area contributed by atoms with Crippen LogP contribution in [0.3, 0.4) is 0 Å². The lowest BCUT2D eigenvalue weighted by atomic mass is 10.3. The number of nitrogens with zero attached hydrogens (tertiary/aromatic N) is 2. The molecule has 4 heteroatoms. The fourth-order valence-electron chi connectivity index (χ4n) is 1.67. The van der Waals surface area contributed by atoms with Gasteiger partial charge in [0.15, 0.2) is 0 Å². The highest BCUT2D eigenvalue weighted by atomic mass is 16.5. The summed E-state index contributed by atoms with van der Waals surface area (Å²) >= 11 is 0. The highest BCUT2D eigenvalue weighted by molar-refractivity contribution is 5.75. The summed E-state index contributed by atoms with van der Waals surface area (Å²) in [5.74, 6) is 0.478. The number of hydrogen-bond donors (Lipinski definition) is 0. The molecule has 4 nitrogen and oxygen atoms in total. The molecule has 0 saturated carbocycles. The molecule has 18 heavy (non-hydrogen) atoms. The summed E-state index contributed by atoms with van der Waals surface area (Å²) in [7, 11) is 0. The van der Waals surface area contributed by atoms with Crippen LogP contribution in [0.1, 0.15) is 0 Å². The van der Waals surface area contributed by atoms with E-state index in [0.717, 1.165) is 5.39 Å². The summed E-state index contributed by atoms with van der Waals surface area (Å²) < 4.78 is 6.92. The van der Waals surface area contributed by atoms with Crippen LogP contribution in [0.4, 0.5) is 0 Å². The minimum Gasteiger partial charge on any atom is -0.473 e. The van der Waals surface area contributed by atoms with Crippen molar-refractivity contribution in [2.24, 2.45) is 0 Å². The summed E-state index contributed by atoms with van der Waals surface area (Å²) in [5.41, 5.74) is 0.500. The molecule has 0 spiro atoms. The van der Waals surface area contributed by atoms with Gasteiger partial charge in [0, 0.05) is 24.1 Å². The Morgan fingerprint density at radius 3 is 2.72 bits per heavy atom. The summed E-state index contributed by atoms with van der Waals surface area (Å²) in [4.78, 5) is 16.1. The molecule has 0 amide bonds. The van der Waals surface area contributed by atoms with E-state index in [9.17, 15) is 4.79 Å². The lowest BCUT2D eigenvalue weighted by molar-refractivity contribution is 0.349. The predicted molar refractivity (Wildman–Crippen MR) is 71.9 cm³/mol. The third-order valence-electron chi connectivity index (χ3n) is 2.47. The fraction of sp³-hybridized carbons (Fsp3) is 0.143.